The Bertz CT molecular complexity index is 1660. The molecule has 4 rings (SSSR count). The summed E-state index contributed by atoms with van der Waals surface area (Å²) in [4.78, 5) is 21.1. The van der Waals surface area contributed by atoms with Gasteiger partial charge >= 0.3 is 0 Å². The zero-order valence-electron chi connectivity index (χ0n) is 20.4. The van der Waals surface area contributed by atoms with Crippen molar-refractivity contribution >= 4 is 25.6 Å². The van der Waals surface area contributed by atoms with E-state index in [9.17, 15) is 21.6 Å². The number of carbonyl (C=O) groups excluding carboxylic acids is 1. The average Bonchev–Trinajstić information content (AvgIpc) is 3.21. The van der Waals surface area contributed by atoms with Crippen LogP contribution in [0.5, 0.6) is 0 Å². The highest BCUT2D eigenvalue weighted by Crippen LogP contribution is 2.25. The highest BCUT2D eigenvalue weighted by atomic mass is 32.2. The summed E-state index contributed by atoms with van der Waals surface area (Å²) in [5.41, 5.74) is 2.59. The van der Waals surface area contributed by atoms with Crippen molar-refractivity contribution in [2.45, 2.75) is 36.1 Å². The molecular weight excluding hydrogens is 514 g/mol. The Kier molecular flexibility index (Phi) is 7.28. The molecule has 9 nitrogen and oxygen atoms in total. The Morgan fingerprint density at radius 2 is 1.62 bits per heavy atom. The molecule has 0 aliphatic rings. The van der Waals surface area contributed by atoms with Crippen molar-refractivity contribution in [1.29, 1.82) is 0 Å². The van der Waals surface area contributed by atoms with Crippen LogP contribution < -0.4 is 5.32 Å². The van der Waals surface area contributed by atoms with Crippen LogP contribution in [0.2, 0.25) is 0 Å². The van der Waals surface area contributed by atoms with Gasteiger partial charge in [-0.15, -0.1) is 0 Å². The number of hydrogen-bond acceptors (Lipinski definition) is 8. The molecule has 2 aromatic carbocycles. The van der Waals surface area contributed by atoms with E-state index in [1.807, 2.05) is 6.92 Å². The predicted octanol–water partition coefficient (Wildman–Crippen LogP) is 3.66. The second-order valence-electron chi connectivity index (χ2n) is 8.59. The third-order valence-electron chi connectivity index (χ3n) is 5.63. The number of nitrogens with one attached hydrogen (secondary N) is 1. The number of sulfone groups is 2. The van der Waals surface area contributed by atoms with E-state index in [0.29, 0.717) is 28.1 Å². The minimum Gasteiger partial charge on any atom is -0.441 e. The Morgan fingerprint density at radius 3 is 2.27 bits per heavy atom. The number of nitrogens with zero attached hydrogens (tertiary/aromatic N) is 2. The maximum absolute atomic E-state index is 12.8. The van der Waals surface area contributed by atoms with Crippen LogP contribution in [-0.2, 0) is 32.0 Å². The Balaban J connectivity index is 1.46. The third-order valence-corrected chi connectivity index (χ3v) is 8.35. The van der Waals surface area contributed by atoms with E-state index >= 15 is 0 Å². The standard InChI is InChI=1S/C26H25N3O6S2/c1-17-6-12-22(13-7-17)37(33,34)16-23-18(2)35-25(29-23)20-10-8-19(9-11-20)24(30)28-15-21-5-4-14-27-26(21)36(3,31)32/h4-14H,15-16H2,1-3H3,(H,28,30). The minimum absolute atomic E-state index is 0.00538. The van der Waals surface area contributed by atoms with Gasteiger partial charge in [0.25, 0.3) is 5.91 Å². The molecule has 0 bridgehead atoms. The largest absolute Gasteiger partial charge is 0.441 e. The molecule has 0 aliphatic carbocycles. The zero-order chi connectivity index (χ0) is 26.8. The second-order valence-corrected chi connectivity index (χ2v) is 12.5. The lowest BCUT2D eigenvalue weighted by Crippen LogP contribution is -2.24. The second kappa shape index (κ2) is 10.3. The lowest BCUT2D eigenvalue weighted by atomic mass is 10.1. The molecule has 2 aromatic heterocycles. The summed E-state index contributed by atoms with van der Waals surface area (Å²) in [6.45, 7) is 3.53. The van der Waals surface area contributed by atoms with Gasteiger partial charge in [-0.25, -0.2) is 26.8 Å². The summed E-state index contributed by atoms with van der Waals surface area (Å²) in [5.74, 6) is -0.0592. The number of hydrogen-bond donors (Lipinski definition) is 1. The van der Waals surface area contributed by atoms with E-state index in [2.05, 4.69) is 15.3 Å². The number of amides is 1. The molecule has 0 unspecified atom stereocenters. The van der Waals surface area contributed by atoms with E-state index in [0.717, 1.165) is 11.8 Å². The third kappa shape index (κ3) is 6.12. The van der Waals surface area contributed by atoms with Gasteiger partial charge in [0.15, 0.2) is 24.7 Å². The highest BCUT2D eigenvalue weighted by molar-refractivity contribution is 7.91. The predicted molar refractivity (Wildman–Crippen MR) is 137 cm³/mol. The first kappa shape index (κ1) is 26.2. The van der Waals surface area contributed by atoms with Crippen molar-refractivity contribution in [3.05, 3.63) is 95.0 Å². The van der Waals surface area contributed by atoms with E-state index in [1.54, 1.807) is 67.6 Å². The molecule has 11 heteroatoms. The van der Waals surface area contributed by atoms with Crippen LogP contribution in [0.25, 0.3) is 11.5 Å². The van der Waals surface area contributed by atoms with Crippen molar-refractivity contribution in [3.63, 3.8) is 0 Å². The van der Waals surface area contributed by atoms with Gasteiger partial charge in [0, 0.05) is 35.7 Å². The van der Waals surface area contributed by atoms with Crippen LogP contribution in [0.15, 0.2) is 81.2 Å². The molecule has 0 saturated heterocycles. The quantitative estimate of drug-likeness (QED) is 0.358. The summed E-state index contributed by atoms with van der Waals surface area (Å²) >= 11 is 0. The smallest absolute Gasteiger partial charge is 0.251 e. The molecule has 37 heavy (non-hydrogen) atoms. The van der Waals surface area contributed by atoms with Crippen molar-refractivity contribution in [3.8, 4) is 11.5 Å². The van der Waals surface area contributed by atoms with Gasteiger partial charge < -0.3 is 9.73 Å². The van der Waals surface area contributed by atoms with Gasteiger partial charge in [-0.2, -0.15) is 0 Å². The van der Waals surface area contributed by atoms with Gasteiger partial charge in [-0.1, -0.05) is 23.8 Å². The molecule has 0 aliphatic heterocycles. The van der Waals surface area contributed by atoms with Gasteiger partial charge in [0.05, 0.1) is 10.6 Å². The molecule has 0 radical (unpaired) electrons. The minimum atomic E-state index is -3.60. The summed E-state index contributed by atoms with van der Waals surface area (Å²) in [5, 5.41) is 2.62. The van der Waals surface area contributed by atoms with E-state index in [-0.39, 0.29) is 28.1 Å². The van der Waals surface area contributed by atoms with Crippen LogP contribution in [0.3, 0.4) is 0 Å². The van der Waals surface area contributed by atoms with Crippen LogP contribution in [0.1, 0.15) is 32.9 Å². The fourth-order valence-electron chi connectivity index (χ4n) is 3.63. The van der Waals surface area contributed by atoms with E-state index < -0.39 is 25.6 Å². The molecule has 1 amide bonds. The van der Waals surface area contributed by atoms with Crippen LogP contribution >= 0.6 is 0 Å². The molecule has 1 N–H and O–H groups in total. The molecule has 192 valence electrons. The van der Waals surface area contributed by atoms with Gasteiger partial charge in [-0.05, 0) is 56.3 Å². The topological polar surface area (TPSA) is 136 Å². The van der Waals surface area contributed by atoms with Crippen molar-refractivity contribution in [2.24, 2.45) is 0 Å². The van der Waals surface area contributed by atoms with Gasteiger partial charge in [0.1, 0.15) is 11.5 Å². The number of pyridine rings is 1. The van der Waals surface area contributed by atoms with Crippen LogP contribution in [0.4, 0.5) is 0 Å². The molecule has 0 saturated carbocycles. The van der Waals surface area contributed by atoms with E-state index in [1.165, 1.54) is 6.20 Å². The molecule has 0 fully saturated rings. The molecule has 2 heterocycles. The summed E-state index contributed by atoms with van der Waals surface area (Å²) in [7, 11) is -7.13. The van der Waals surface area contributed by atoms with E-state index in [4.69, 9.17) is 4.42 Å². The fraction of sp³-hybridized carbons (Fsp3) is 0.192. The van der Waals surface area contributed by atoms with Gasteiger partial charge in [0.2, 0.25) is 5.89 Å². The first-order chi connectivity index (χ1) is 17.4. The van der Waals surface area contributed by atoms with Crippen molar-refractivity contribution in [1.82, 2.24) is 15.3 Å². The van der Waals surface area contributed by atoms with Crippen molar-refractivity contribution < 1.29 is 26.0 Å². The lowest BCUT2D eigenvalue weighted by Gasteiger charge is -2.09. The first-order valence-corrected chi connectivity index (χ1v) is 14.8. The number of oxazole rings is 1. The summed E-state index contributed by atoms with van der Waals surface area (Å²) in [6.07, 6.45) is 2.45. The zero-order valence-corrected chi connectivity index (χ0v) is 22.1. The number of benzene rings is 2. The summed E-state index contributed by atoms with van der Waals surface area (Å²) < 4.78 is 55.1. The van der Waals surface area contributed by atoms with Gasteiger partial charge in [-0.3, -0.25) is 4.79 Å². The molecular formula is C26H25N3O6S2. The number of carbonyl (C=O) groups is 1. The number of aryl methyl sites for hydroxylation is 2. The van der Waals surface area contributed by atoms with Crippen LogP contribution in [-0.4, -0.2) is 39.0 Å². The molecule has 0 spiro atoms. The fourth-order valence-corrected chi connectivity index (χ4v) is 5.84. The maximum Gasteiger partial charge on any atom is 0.251 e. The first-order valence-electron chi connectivity index (χ1n) is 11.2. The maximum atomic E-state index is 12.8. The Labute approximate surface area is 215 Å². The molecule has 0 atom stereocenters. The monoisotopic (exact) mass is 539 g/mol. The number of aromatic nitrogens is 2. The molecule has 4 aromatic rings. The SMILES string of the molecule is Cc1ccc(S(=O)(=O)Cc2nc(-c3ccc(C(=O)NCc4cccnc4S(C)(=O)=O)cc3)oc2C)cc1. The normalized spacial score (nSPS) is 11.9. The highest BCUT2D eigenvalue weighted by Gasteiger charge is 2.21. The van der Waals surface area contributed by atoms with Crippen molar-refractivity contribution in [2.75, 3.05) is 6.26 Å². The van der Waals surface area contributed by atoms with Crippen LogP contribution in [0, 0.1) is 13.8 Å². The number of rotatable bonds is 8. The Morgan fingerprint density at radius 1 is 0.946 bits per heavy atom. The Hall–Kier alpha value is -3.83. The summed E-state index contributed by atoms with van der Waals surface area (Å²) in [6, 6.07) is 16.3. The average molecular weight is 540 g/mol. The lowest BCUT2D eigenvalue weighted by molar-refractivity contribution is 0.0950.